The number of hydrazine groups is 1. The standard InChI is InChI=1S/C13H16N4O2.ClH/c1-18-12-5-10-3-9(7-16-17(15)8-14)4-11(10)6-13(12)19-2;/h3,5-8,14H,4,15H2,1-2H3;1H. The average Bonchev–Trinajstić information content (AvgIpc) is 2.84. The van der Waals surface area contributed by atoms with Crippen LogP contribution >= 0.6 is 12.4 Å². The Morgan fingerprint density at radius 2 is 1.95 bits per heavy atom. The average molecular weight is 297 g/mol. The van der Waals surface area contributed by atoms with Gasteiger partial charge in [-0.1, -0.05) is 0 Å². The van der Waals surface area contributed by atoms with Crippen molar-refractivity contribution in [3.63, 3.8) is 0 Å². The summed E-state index contributed by atoms with van der Waals surface area (Å²) < 4.78 is 10.5. The molecular weight excluding hydrogens is 280 g/mol. The Labute approximate surface area is 123 Å². The molecular formula is C13H17ClN4O2. The minimum Gasteiger partial charge on any atom is -0.493 e. The van der Waals surface area contributed by atoms with E-state index in [0.29, 0.717) is 11.5 Å². The summed E-state index contributed by atoms with van der Waals surface area (Å²) >= 11 is 0. The maximum absolute atomic E-state index is 6.93. The van der Waals surface area contributed by atoms with Crippen molar-refractivity contribution in [2.45, 2.75) is 6.42 Å². The minimum atomic E-state index is 0. The lowest BCUT2D eigenvalue weighted by molar-refractivity contribution is 0.354. The van der Waals surface area contributed by atoms with Crippen molar-refractivity contribution in [3.05, 3.63) is 28.8 Å². The van der Waals surface area contributed by atoms with Gasteiger partial charge in [0.25, 0.3) is 0 Å². The SMILES string of the molecule is COc1cc2c(cc1OC)CC(C=NN(N)C=N)=C2.Cl. The molecule has 6 nitrogen and oxygen atoms in total. The fourth-order valence-corrected chi connectivity index (χ4v) is 1.95. The highest BCUT2D eigenvalue weighted by Gasteiger charge is 2.16. The highest BCUT2D eigenvalue weighted by molar-refractivity contribution is 5.90. The largest absolute Gasteiger partial charge is 0.493 e. The Kier molecular flexibility index (Phi) is 5.54. The lowest BCUT2D eigenvalue weighted by atomic mass is 10.1. The number of halogens is 1. The van der Waals surface area contributed by atoms with Crippen LogP contribution in [0.3, 0.4) is 0 Å². The van der Waals surface area contributed by atoms with E-state index < -0.39 is 0 Å². The second-order valence-corrected chi connectivity index (χ2v) is 4.06. The number of allylic oxidation sites excluding steroid dienone is 1. The molecule has 1 aromatic carbocycles. The number of nitrogens with two attached hydrogens (primary N) is 1. The third kappa shape index (κ3) is 3.28. The molecule has 0 radical (unpaired) electrons. The van der Waals surface area contributed by atoms with Crippen LogP contribution in [0.5, 0.6) is 11.5 Å². The van der Waals surface area contributed by atoms with Crippen molar-refractivity contribution in [1.29, 1.82) is 5.41 Å². The van der Waals surface area contributed by atoms with Crippen molar-refractivity contribution in [2.24, 2.45) is 10.9 Å². The number of rotatable bonds is 5. The molecule has 0 heterocycles. The van der Waals surface area contributed by atoms with E-state index >= 15 is 0 Å². The molecule has 20 heavy (non-hydrogen) atoms. The molecule has 0 atom stereocenters. The van der Waals surface area contributed by atoms with Gasteiger partial charge in [0, 0.05) is 0 Å². The van der Waals surface area contributed by atoms with Gasteiger partial charge in [0.1, 0.15) is 6.34 Å². The van der Waals surface area contributed by atoms with Gasteiger partial charge in [-0.15, -0.1) is 12.4 Å². The normalized spacial score (nSPS) is 12.4. The Morgan fingerprint density at radius 1 is 1.30 bits per heavy atom. The fourth-order valence-electron chi connectivity index (χ4n) is 1.95. The summed E-state index contributed by atoms with van der Waals surface area (Å²) in [5.74, 6) is 6.79. The molecule has 0 saturated carbocycles. The summed E-state index contributed by atoms with van der Waals surface area (Å²) in [6, 6.07) is 3.90. The number of nitrogens with one attached hydrogen (secondary N) is 1. The van der Waals surface area contributed by atoms with Crippen molar-refractivity contribution in [3.8, 4) is 11.5 Å². The lowest BCUT2D eigenvalue weighted by Gasteiger charge is -2.09. The first kappa shape index (κ1) is 16.0. The molecule has 7 heteroatoms. The van der Waals surface area contributed by atoms with Crippen molar-refractivity contribution >= 4 is 31.0 Å². The monoisotopic (exact) mass is 296 g/mol. The first-order chi connectivity index (χ1) is 9.17. The Hall–Kier alpha value is -2.05. The van der Waals surface area contributed by atoms with Crippen LogP contribution in [0.25, 0.3) is 6.08 Å². The Morgan fingerprint density at radius 3 is 2.55 bits per heavy atom. The summed E-state index contributed by atoms with van der Waals surface area (Å²) in [6.45, 7) is 0. The van der Waals surface area contributed by atoms with Gasteiger partial charge in [-0.2, -0.15) is 10.2 Å². The van der Waals surface area contributed by atoms with Crippen LogP contribution < -0.4 is 15.3 Å². The highest BCUT2D eigenvalue weighted by Crippen LogP contribution is 2.35. The number of ether oxygens (including phenoxy) is 2. The number of methoxy groups -OCH3 is 2. The smallest absolute Gasteiger partial charge is 0.161 e. The van der Waals surface area contributed by atoms with Gasteiger partial charge in [-0.05, 0) is 41.3 Å². The summed E-state index contributed by atoms with van der Waals surface area (Å²) in [5, 5.41) is 11.8. The predicted molar refractivity (Wildman–Crippen MR) is 81.8 cm³/mol. The summed E-state index contributed by atoms with van der Waals surface area (Å²) in [5.41, 5.74) is 3.25. The van der Waals surface area contributed by atoms with E-state index in [2.05, 4.69) is 5.10 Å². The van der Waals surface area contributed by atoms with Crippen LogP contribution in [0.4, 0.5) is 0 Å². The molecule has 0 fully saturated rings. The van der Waals surface area contributed by atoms with Gasteiger partial charge in [-0.3, -0.25) is 5.41 Å². The maximum atomic E-state index is 6.93. The first-order valence-corrected chi connectivity index (χ1v) is 5.72. The zero-order chi connectivity index (χ0) is 13.8. The molecule has 0 saturated heterocycles. The van der Waals surface area contributed by atoms with Crippen molar-refractivity contribution in [2.75, 3.05) is 14.2 Å². The molecule has 0 aliphatic heterocycles. The minimum absolute atomic E-state index is 0. The third-order valence-electron chi connectivity index (χ3n) is 2.87. The predicted octanol–water partition coefficient (Wildman–Crippen LogP) is 1.83. The second kappa shape index (κ2) is 6.93. The molecule has 0 aromatic heterocycles. The molecule has 0 unspecified atom stereocenters. The molecule has 1 aliphatic rings. The Balaban J connectivity index is 0.00000200. The zero-order valence-corrected chi connectivity index (χ0v) is 12.1. The van der Waals surface area contributed by atoms with Crippen LogP contribution in [0, 0.1) is 5.41 Å². The van der Waals surface area contributed by atoms with E-state index in [0.717, 1.165) is 34.6 Å². The number of hydrogen-bond donors (Lipinski definition) is 2. The number of hydrazone groups is 1. The molecule has 108 valence electrons. The van der Waals surface area contributed by atoms with E-state index in [1.807, 2.05) is 18.2 Å². The molecule has 0 spiro atoms. The van der Waals surface area contributed by atoms with Crippen LogP contribution in [-0.4, -0.2) is 31.9 Å². The first-order valence-electron chi connectivity index (χ1n) is 5.72. The molecule has 1 aromatic rings. The van der Waals surface area contributed by atoms with Crippen LogP contribution in [0.15, 0.2) is 22.8 Å². The number of fused-ring (bicyclic) bond motifs is 1. The van der Waals surface area contributed by atoms with Gasteiger partial charge >= 0.3 is 0 Å². The zero-order valence-electron chi connectivity index (χ0n) is 11.3. The quantitative estimate of drug-likeness (QED) is 0.376. The summed E-state index contributed by atoms with van der Waals surface area (Å²) in [6.07, 6.45) is 5.35. The van der Waals surface area contributed by atoms with Crippen molar-refractivity contribution < 1.29 is 9.47 Å². The Bertz CT molecular complexity index is 558. The van der Waals surface area contributed by atoms with Gasteiger partial charge in [0.05, 0.1) is 20.4 Å². The lowest BCUT2D eigenvalue weighted by Crippen LogP contribution is -2.22. The topological polar surface area (TPSA) is 83.9 Å². The van der Waals surface area contributed by atoms with Gasteiger partial charge in [-0.25, -0.2) is 5.84 Å². The van der Waals surface area contributed by atoms with E-state index in [1.54, 1.807) is 20.4 Å². The number of hydrogen-bond acceptors (Lipinski definition) is 5. The second-order valence-electron chi connectivity index (χ2n) is 4.06. The number of benzene rings is 1. The van der Waals surface area contributed by atoms with Gasteiger partial charge in [0.15, 0.2) is 11.5 Å². The van der Waals surface area contributed by atoms with Gasteiger partial charge < -0.3 is 9.47 Å². The van der Waals surface area contributed by atoms with Gasteiger partial charge in [0.2, 0.25) is 0 Å². The highest BCUT2D eigenvalue weighted by atomic mass is 35.5. The maximum Gasteiger partial charge on any atom is 0.161 e. The van der Waals surface area contributed by atoms with Crippen LogP contribution in [0.2, 0.25) is 0 Å². The fraction of sp³-hybridized carbons (Fsp3) is 0.231. The molecule has 0 amide bonds. The van der Waals surface area contributed by atoms with E-state index in [9.17, 15) is 0 Å². The molecule has 2 rings (SSSR count). The summed E-state index contributed by atoms with van der Waals surface area (Å²) in [7, 11) is 3.23. The van der Waals surface area contributed by atoms with E-state index in [1.165, 1.54) is 0 Å². The third-order valence-corrected chi connectivity index (χ3v) is 2.87. The van der Waals surface area contributed by atoms with E-state index in [-0.39, 0.29) is 12.4 Å². The molecule has 0 bridgehead atoms. The number of nitrogens with zero attached hydrogens (tertiary/aromatic N) is 2. The molecule has 1 aliphatic carbocycles. The van der Waals surface area contributed by atoms with Crippen LogP contribution in [0.1, 0.15) is 11.1 Å². The van der Waals surface area contributed by atoms with Crippen molar-refractivity contribution in [1.82, 2.24) is 5.12 Å². The molecule has 3 N–H and O–H groups in total. The summed E-state index contributed by atoms with van der Waals surface area (Å²) in [4.78, 5) is 0. The van der Waals surface area contributed by atoms with Crippen LogP contribution in [-0.2, 0) is 6.42 Å². The van der Waals surface area contributed by atoms with E-state index in [4.69, 9.17) is 20.7 Å².